The standard InChI is InChI=1S/C13H16BrNO3/c1-7(2)8(3)12(16)15-11-9(13(17)18)5-4-6-10(11)14/h4-8H,1-3H3,(H,15,16)(H,17,18). The summed E-state index contributed by atoms with van der Waals surface area (Å²) in [6.07, 6.45) is 0. The Balaban J connectivity index is 3.04. The van der Waals surface area contributed by atoms with Crippen LogP contribution in [0.3, 0.4) is 0 Å². The molecule has 4 nitrogen and oxygen atoms in total. The number of nitrogens with one attached hydrogen (secondary N) is 1. The summed E-state index contributed by atoms with van der Waals surface area (Å²) in [7, 11) is 0. The number of hydrogen-bond donors (Lipinski definition) is 2. The van der Waals surface area contributed by atoms with Crippen molar-refractivity contribution in [1.29, 1.82) is 0 Å². The molecule has 1 amide bonds. The van der Waals surface area contributed by atoms with Gasteiger partial charge in [-0.15, -0.1) is 0 Å². The second-order valence-corrected chi connectivity index (χ2v) is 5.34. The minimum atomic E-state index is -1.07. The fourth-order valence-electron chi connectivity index (χ4n) is 1.37. The number of benzene rings is 1. The third-order valence-electron chi connectivity index (χ3n) is 2.91. The van der Waals surface area contributed by atoms with Crippen LogP contribution in [0.25, 0.3) is 0 Å². The van der Waals surface area contributed by atoms with Crippen LogP contribution >= 0.6 is 15.9 Å². The quantitative estimate of drug-likeness (QED) is 0.895. The minimum absolute atomic E-state index is 0.0775. The van der Waals surface area contributed by atoms with E-state index in [4.69, 9.17) is 5.11 Å². The highest BCUT2D eigenvalue weighted by atomic mass is 79.9. The molecule has 0 aliphatic heterocycles. The lowest BCUT2D eigenvalue weighted by Crippen LogP contribution is -2.25. The van der Waals surface area contributed by atoms with Crippen molar-refractivity contribution in [2.24, 2.45) is 11.8 Å². The lowest BCUT2D eigenvalue weighted by Gasteiger charge is -2.17. The zero-order valence-electron chi connectivity index (χ0n) is 10.5. The second-order valence-electron chi connectivity index (χ2n) is 4.49. The van der Waals surface area contributed by atoms with Gasteiger partial charge in [0, 0.05) is 10.4 Å². The lowest BCUT2D eigenvalue weighted by molar-refractivity contribution is -0.120. The Morgan fingerprint density at radius 1 is 1.28 bits per heavy atom. The third kappa shape index (κ3) is 3.32. The van der Waals surface area contributed by atoms with Gasteiger partial charge in [0.2, 0.25) is 5.91 Å². The maximum atomic E-state index is 12.0. The number of carbonyl (C=O) groups is 2. The van der Waals surface area contributed by atoms with Gasteiger partial charge in [0.25, 0.3) is 0 Å². The van der Waals surface area contributed by atoms with Crippen molar-refractivity contribution in [3.05, 3.63) is 28.2 Å². The normalized spacial score (nSPS) is 12.3. The number of para-hydroxylation sites is 1. The van der Waals surface area contributed by atoms with Gasteiger partial charge in [-0.05, 0) is 34.0 Å². The maximum Gasteiger partial charge on any atom is 0.337 e. The van der Waals surface area contributed by atoms with E-state index in [0.717, 1.165) is 0 Å². The number of rotatable bonds is 4. The topological polar surface area (TPSA) is 66.4 Å². The first-order valence-electron chi connectivity index (χ1n) is 5.67. The van der Waals surface area contributed by atoms with Crippen LogP contribution < -0.4 is 5.32 Å². The predicted octanol–water partition coefficient (Wildman–Crippen LogP) is 3.38. The molecule has 0 spiro atoms. The van der Waals surface area contributed by atoms with Gasteiger partial charge in [0.1, 0.15) is 0 Å². The average molecular weight is 314 g/mol. The largest absolute Gasteiger partial charge is 0.478 e. The Labute approximate surface area is 115 Å². The van der Waals surface area contributed by atoms with Gasteiger partial charge >= 0.3 is 5.97 Å². The van der Waals surface area contributed by atoms with Crippen molar-refractivity contribution in [2.75, 3.05) is 5.32 Å². The van der Waals surface area contributed by atoms with E-state index in [1.165, 1.54) is 6.07 Å². The molecule has 0 saturated carbocycles. The Bertz CT molecular complexity index is 471. The summed E-state index contributed by atoms with van der Waals surface area (Å²) in [5.41, 5.74) is 0.385. The van der Waals surface area contributed by atoms with E-state index in [9.17, 15) is 9.59 Å². The molecule has 1 aromatic carbocycles. The molecule has 1 aromatic rings. The van der Waals surface area contributed by atoms with Crippen molar-refractivity contribution in [3.8, 4) is 0 Å². The average Bonchev–Trinajstić information content (AvgIpc) is 2.30. The maximum absolute atomic E-state index is 12.0. The summed E-state index contributed by atoms with van der Waals surface area (Å²) in [5.74, 6) is -1.23. The highest BCUT2D eigenvalue weighted by molar-refractivity contribution is 9.10. The van der Waals surface area contributed by atoms with Crippen molar-refractivity contribution < 1.29 is 14.7 Å². The van der Waals surface area contributed by atoms with Gasteiger partial charge in [-0.3, -0.25) is 4.79 Å². The number of carboxylic acids is 1. The zero-order valence-corrected chi connectivity index (χ0v) is 12.1. The molecule has 98 valence electrons. The number of halogens is 1. The molecule has 5 heteroatoms. The van der Waals surface area contributed by atoms with Crippen LogP contribution in [0.1, 0.15) is 31.1 Å². The van der Waals surface area contributed by atoms with E-state index in [0.29, 0.717) is 10.2 Å². The molecule has 0 aromatic heterocycles. The molecule has 1 atom stereocenters. The van der Waals surface area contributed by atoms with Gasteiger partial charge in [-0.1, -0.05) is 26.8 Å². The molecular formula is C13H16BrNO3. The van der Waals surface area contributed by atoms with Crippen LogP contribution in [0.5, 0.6) is 0 Å². The first kappa shape index (κ1) is 14.7. The van der Waals surface area contributed by atoms with Crippen LogP contribution in [0.2, 0.25) is 0 Å². The minimum Gasteiger partial charge on any atom is -0.478 e. The van der Waals surface area contributed by atoms with Gasteiger partial charge in [0.05, 0.1) is 11.3 Å². The molecule has 1 unspecified atom stereocenters. The van der Waals surface area contributed by atoms with Crippen molar-refractivity contribution in [2.45, 2.75) is 20.8 Å². The molecule has 0 bridgehead atoms. The molecule has 0 fully saturated rings. The third-order valence-corrected chi connectivity index (χ3v) is 3.57. The smallest absolute Gasteiger partial charge is 0.337 e. The van der Waals surface area contributed by atoms with Crippen LogP contribution in [0, 0.1) is 11.8 Å². The van der Waals surface area contributed by atoms with Crippen molar-refractivity contribution in [1.82, 2.24) is 0 Å². The van der Waals surface area contributed by atoms with Crippen LogP contribution in [0.4, 0.5) is 5.69 Å². The molecule has 0 saturated heterocycles. The summed E-state index contributed by atoms with van der Waals surface area (Å²) in [5, 5.41) is 11.8. The molecular weight excluding hydrogens is 298 g/mol. The SMILES string of the molecule is CC(C)C(C)C(=O)Nc1c(Br)cccc1C(=O)O. The van der Waals surface area contributed by atoms with Crippen molar-refractivity contribution in [3.63, 3.8) is 0 Å². The lowest BCUT2D eigenvalue weighted by atomic mass is 9.97. The first-order chi connectivity index (χ1) is 8.34. The number of carboxylic acid groups (broad SMARTS) is 1. The number of carbonyl (C=O) groups excluding carboxylic acids is 1. The van der Waals surface area contributed by atoms with E-state index in [1.54, 1.807) is 12.1 Å². The molecule has 0 radical (unpaired) electrons. The van der Waals surface area contributed by atoms with Gasteiger partial charge in [-0.25, -0.2) is 4.79 Å². The summed E-state index contributed by atoms with van der Waals surface area (Å²) in [6.45, 7) is 5.71. The van der Waals surface area contributed by atoms with Gasteiger partial charge < -0.3 is 10.4 Å². The zero-order chi connectivity index (χ0) is 13.9. The fraction of sp³-hybridized carbons (Fsp3) is 0.385. The monoisotopic (exact) mass is 313 g/mol. The first-order valence-corrected chi connectivity index (χ1v) is 6.46. The molecule has 0 aliphatic rings. The van der Waals surface area contributed by atoms with E-state index in [2.05, 4.69) is 21.2 Å². The van der Waals surface area contributed by atoms with Crippen LogP contribution in [-0.2, 0) is 4.79 Å². The Morgan fingerprint density at radius 2 is 1.89 bits per heavy atom. The Hall–Kier alpha value is -1.36. The summed E-state index contributed by atoms with van der Waals surface area (Å²) < 4.78 is 0.562. The van der Waals surface area contributed by atoms with Crippen molar-refractivity contribution >= 4 is 33.5 Å². The van der Waals surface area contributed by atoms with E-state index < -0.39 is 5.97 Å². The Kier molecular flexibility index (Phi) is 4.90. The summed E-state index contributed by atoms with van der Waals surface area (Å²) >= 11 is 3.25. The van der Waals surface area contributed by atoms with E-state index in [-0.39, 0.29) is 23.3 Å². The predicted molar refractivity (Wildman–Crippen MR) is 73.7 cm³/mol. The highest BCUT2D eigenvalue weighted by Crippen LogP contribution is 2.27. The summed E-state index contributed by atoms with van der Waals surface area (Å²) in [6, 6.07) is 4.78. The molecule has 18 heavy (non-hydrogen) atoms. The highest BCUT2D eigenvalue weighted by Gasteiger charge is 2.20. The molecule has 1 rings (SSSR count). The number of anilines is 1. The van der Waals surface area contributed by atoms with Crippen LogP contribution in [-0.4, -0.2) is 17.0 Å². The van der Waals surface area contributed by atoms with E-state index in [1.807, 2.05) is 20.8 Å². The second kappa shape index (κ2) is 6.00. The number of hydrogen-bond acceptors (Lipinski definition) is 2. The number of amides is 1. The van der Waals surface area contributed by atoms with Crippen LogP contribution in [0.15, 0.2) is 22.7 Å². The number of aromatic carboxylic acids is 1. The Morgan fingerprint density at radius 3 is 2.39 bits per heavy atom. The fourth-order valence-corrected chi connectivity index (χ4v) is 1.83. The molecule has 0 aliphatic carbocycles. The molecule has 0 heterocycles. The molecule has 2 N–H and O–H groups in total. The van der Waals surface area contributed by atoms with E-state index >= 15 is 0 Å². The summed E-state index contributed by atoms with van der Waals surface area (Å²) in [4.78, 5) is 23.0. The van der Waals surface area contributed by atoms with Gasteiger partial charge in [-0.2, -0.15) is 0 Å². The van der Waals surface area contributed by atoms with Gasteiger partial charge in [0.15, 0.2) is 0 Å².